The molecule has 1 aliphatic rings. The van der Waals surface area contributed by atoms with Crippen LogP contribution in [0.2, 0.25) is 0 Å². The number of nitrogen functional groups attached to an aromatic ring is 1. The normalized spacial score (nSPS) is 21.4. The van der Waals surface area contributed by atoms with Gasteiger partial charge in [-0.05, 0) is 47.7 Å². The first kappa shape index (κ1) is 13.3. The average molecular weight is 385 g/mol. The number of aromatic nitrogens is 2. The van der Waals surface area contributed by atoms with E-state index in [4.69, 9.17) is 11.5 Å². The third kappa shape index (κ3) is 2.05. The van der Waals surface area contributed by atoms with E-state index in [9.17, 15) is 4.39 Å². The van der Waals surface area contributed by atoms with Crippen LogP contribution < -0.4 is 11.5 Å². The third-order valence-electron chi connectivity index (χ3n) is 3.39. The van der Waals surface area contributed by atoms with Gasteiger partial charge < -0.3 is 16.0 Å². The van der Waals surface area contributed by atoms with Crippen LogP contribution in [0.5, 0.6) is 0 Å². The summed E-state index contributed by atoms with van der Waals surface area (Å²) in [5, 5.41) is 0. The molecule has 3 rings (SSSR count). The fraction of sp³-hybridized carbons (Fsp3) is 0.231. The number of halogens is 2. The highest BCUT2D eigenvalue weighted by molar-refractivity contribution is 14.1. The zero-order valence-electron chi connectivity index (χ0n) is 10.8. The van der Waals surface area contributed by atoms with Crippen LogP contribution >= 0.6 is 22.6 Å². The van der Waals surface area contributed by atoms with Gasteiger partial charge >= 0.3 is 0 Å². The van der Waals surface area contributed by atoms with Crippen LogP contribution in [0.1, 0.15) is 18.3 Å². The Morgan fingerprint density at radius 2 is 2.15 bits per heavy atom. The highest BCUT2D eigenvalue weighted by Crippen LogP contribution is 2.34. The van der Waals surface area contributed by atoms with Gasteiger partial charge in [-0.2, -0.15) is 0 Å². The molecule has 1 aromatic heterocycles. The molecule has 7 heteroatoms. The van der Waals surface area contributed by atoms with E-state index in [2.05, 4.69) is 32.6 Å². The van der Waals surface area contributed by atoms with Gasteiger partial charge in [-0.15, -0.1) is 0 Å². The number of anilines is 1. The number of nitrogens with two attached hydrogens (primary N) is 2. The van der Waals surface area contributed by atoms with Gasteiger partial charge in [0.15, 0.2) is 11.7 Å². The number of amidine groups is 1. The van der Waals surface area contributed by atoms with Crippen molar-refractivity contribution < 1.29 is 4.39 Å². The van der Waals surface area contributed by atoms with Crippen LogP contribution in [0.25, 0.3) is 0 Å². The Bertz CT molecular complexity index is 724. The summed E-state index contributed by atoms with van der Waals surface area (Å²) in [6.07, 6.45) is 1.87. The molecule has 1 aliphatic heterocycles. The summed E-state index contributed by atoms with van der Waals surface area (Å²) < 4.78 is 16.8. The molecule has 20 heavy (non-hydrogen) atoms. The minimum atomic E-state index is -0.791. The number of fused-ring (bicyclic) bond motifs is 1. The SMILES string of the molecule is CC1(c2cc(N)ccc2F)Cn2cc(I)nc2C(N)=N1. The lowest BCUT2D eigenvalue weighted by molar-refractivity contribution is 0.383. The van der Waals surface area contributed by atoms with Crippen LogP contribution in [0, 0.1) is 9.52 Å². The van der Waals surface area contributed by atoms with E-state index >= 15 is 0 Å². The smallest absolute Gasteiger partial charge is 0.176 e. The maximum atomic E-state index is 14.1. The van der Waals surface area contributed by atoms with E-state index in [1.54, 1.807) is 6.07 Å². The van der Waals surface area contributed by atoms with Crippen molar-refractivity contribution in [2.75, 3.05) is 5.73 Å². The fourth-order valence-corrected chi connectivity index (χ4v) is 3.06. The predicted molar refractivity (Wildman–Crippen MR) is 83.8 cm³/mol. The summed E-state index contributed by atoms with van der Waals surface area (Å²) in [4.78, 5) is 8.76. The van der Waals surface area contributed by atoms with Gasteiger partial charge in [0.1, 0.15) is 15.1 Å². The third-order valence-corrected chi connectivity index (χ3v) is 3.91. The topological polar surface area (TPSA) is 82.2 Å². The Balaban J connectivity index is 2.14. The van der Waals surface area contributed by atoms with E-state index < -0.39 is 5.54 Å². The van der Waals surface area contributed by atoms with Gasteiger partial charge in [-0.1, -0.05) is 0 Å². The van der Waals surface area contributed by atoms with Gasteiger partial charge in [-0.25, -0.2) is 9.37 Å². The molecule has 1 aromatic carbocycles. The molecule has 0 saturated heterocycles. The number of imidazole rings is 1. The quantitative estimate of drug-likeness (QED) is 0.581. The first-order valence-corrected chi connectivity index (χ1v) is 7.11. The lowest BCUT2D eigenvalue weighted by atomic mass is 9.90. The molecule has 0 aliphatic carbocycles. The maximum Gasteiger partial charge on any atom is 0.176 e. The summed E-state index contributed by atoms with van der Waals surface area (Å²) in [6.45, 7) is 2.31. The van der Waals surface area contributed by atoms with Crippen molar-refractivity contribution in [3.05, 3.63) is 45.3 Å². The standard InChI is InChI=1S/C13H13FIN5/c1-13(8-4-7(16)2-3-9(8)14)6-20-5-10(15)18-12(20)11(17)19-13/h2-5H,6,16H2,1H3,(H2,17,19). The van der Waals surface area contributed by atoms with E-state index in [-0.39, 0.29) is 5.82 Å². The Morgan fingerprint density at radius 3 is 2.90 bits per heavy atom. The molecule has 5 nitrogen and oxygen atoms in total. The Hall–Kier alpha value is -1.64. The molecule has 0 radical (unpaired) electrons. The molecule has 0 spiro atoms. The Morgan fingerprint density at radius 1 is 1.40 bits per heavy atom. The van der Waals surface area contributed by atoms with Crippen molar-refractivity contribution in [1.82, 2.24) is 9.55 Å². The number of nitrogens with zero attached hydrogens (tertiary/aromatic N) is 3. The molecular weight excluding hydrogens is 372 g/mol. The first-order chi connectivity index (χ1) is 9.39. The van der Waals surface area contributed by atoms with Gasteiger partial charge in [0.05, 0.1) is 6.54 Å². The minimum absolute atomic E-state index is 0.309. The van der Waals surface area contributed by atoms with E-state index in [0.717, 1.165) is 3.70 Å². The fourth-order valence-electron chi connectivity index (χ4n) is 2.49. The molecule has 1 unspecified atom stereocenters. The number of benzene rings is 1. The second kappa shape index (κ2) is 4.44. The minimum Gasteiger partial charge on any atom is -0.399 e. The second-order valence-corrected chi connectivity index (χ2v) is 6.13. The van der Waals surface area contributed by atoms with Crippen LogP contribution in [-0.4, -0.2) is 15.4 Å². The van der Waals surface area contributed by atoms with Crippen LogP contribution in [0.3, 0.4) is 0 Å². The summed E-state index contributed by atoms with van der Waals surface area (Å²) in [7, 11) is 0. The number of aliphatic imine (C=N–C) groups is 1. The second-order valence-electron chi connectivity index (χ2n) is 5.03. The first-order valence-electron chi connectivity index (χ1n) is 6.03. The van der Waals surface area contributed by atoms with Crippen molar-refractivity contribution in [2.24, 2.45) is 10.7 Å². The number of rotatable bonds is 1. The summed E-state index contributed by atoms with van der Waals surface area (Å²) in [6, 6.07) is 4.50. The van der Waals surface area contributed by atoms with Crippen molar-refractivity contribution in [3.63, 3.8) is 0 Å². The highest BCUT2D eigenvalue weighted by Gasteiger charge is 2.35. The predicted octanol–water partition coefficient (Wildman–Crippen LogP) is 1.84. The van der Waals surface area contributed by atoms with Gasteiger partial charge in [0, 0.05) is 17.4 Å². The molecule has 0 amide bonds. The molecule has 0 saturated carbocycles. The van der Waals surface area contributed by atoms with E-state index in [1.165, 1.54) is 12.1 Å². The largest absolute Gasteiger partial charge is 0.399 e. The van der Waals surface area contributed by atoms with E-state index in [1.807, 2.05) is 17.7 Å². The molecule has 1 atom stereocenters. The van der Waals surface area contributed by atoms with Crippen molar-refractivity contribution in [1.29, 1.82) is 0 Å². The van der Waals surface area contributed by atoms with Crippen LogP contribution in [0.15, 0.2) is 29.4 Å². The summed E-state index contributed by atoms with van der Waals surface area (Å²) >= 11 is 2.11. The molecule has 0 bridgehead atoms. The lowest BCUT2D eigenvalue weighted by Gasteiger charge is -2.31. The highest BCUT2D eigenvalue weighted by atomic mass is 127. The molecule has 104 valence electrons. The monoisotopic (exact) mass is 385 g/mol. The van der Waals surface area contributed by atoms with Gasteiger partial charge in [-0.3, -0.25) is 4.99 Å². The Labute approximate surface area is 129 Å². The van der Waals surface area contributed by atoms with Crippen molar-refractivity contribution in [2.45, 2.75) is 19.0 Å². The summed E-state index contributed by atoms with van der Waals surface area (Å²) in [5.41, 5.74) is 11.9. The number of hydrogen-bond donors (Lipinski definition) is 2. The molecule has 0 fully saturated rings. The number of hydrogen-bond acceptors (Lipinski definition) is 4. The zero-order chi connectivity index (χ0) is 14.5. The average Bonchev–Trinajstić information content (AvgIpc) is 2.73. The molecule has 4 N–H and O–H groups in total. The van der Waals surface area contributed by atoms with Crippen LogP contribution in [0.4, 0.5) is 10.1 Å². The Kier molecular flexibility index (Phi) is 2.96. The molecule has 2 heterocycles. The van der Waals surface area contributed by atoms with Crippen molar-refractivity contribution >= 4 is 34.1 Å². The van der Waals surface area contributed by atoms with Crippen molar-refractivity contribution in [3.8, 4) is 0 Å². The van der Waals surface area contributed by atoms with Crippen LogP contribution in [-0.2, 0) is 12.1 Å². The lowest BCUT2D eigenvalue weighted by Crippen LogP contribution is -2.37. The molecular formula is C13H13FIN5. The van der Waals surface area contributed by atoms with Gasteiger partial charge in [0.2, 0.25) is 0 Å². The molecule has 2 aromatic rings. The van der Waals surface area contributed by atoms with E-state index in [0.29, 0.717) is 29.5 Å². The van der Waals surface area contributed by atoms with Gasteiger partial charge in [0.25, 0.3) is 0 Å². The summed E-state index contributed by atoms with van der Waals surface area (Å²) in [5.74, 6) is 0.594. The maximum absolute atomic E-state index is 14.1. The zero-order valence-corrected chi connectivity index (χ0v) is 12.9.